The van der Waals surface area contributed by atoms with Crippen molar-refractivity contribution in [2.75, 3.05) is 43.2 Å². The molecule has 1 aromatic heterocycles. The van der Waals surface area contributed by atoms with Gasteiger partial charge in [0.2, 0.25) is 0 Å². The van der Waals surface area contributed by atoms with E-state index >= 15 is 0 Å². The topological polar surface area (TPSA) is 50.3 Å². The average Bonchev–Trinajstić information content (AvgIpc) is 2.37. The average molecular weight is 268 g/mol. The minimum Gasteiger partial charge on any atom is -0.373 e. The third-order valence-electron chi connectivity index (χ3n) is 2.88. The van der Waals surface area contributed by atoms with Gasteiger partial charge in [-0.15, -0.1) is 0 Å². The Morgan fingerprint density at radius 1 is 1.44 bits per heavy atom. The van der Waals surface area contributed by atoms with Crippen LogP contribution in [0.15, 0.2) is 11.2 Å². The first-order valence-corrected chi connectivity index (χ1v) is 7.26. The van der Waals surface area contributed by atoms with Crippen LogP contribution in [0.1, 0.15) is 13.8 Å². The summed E-state index contributed by atoms with van der Waals surface area (Å²) in [4.78, 5) is 11.2. The van der Waals surface area contributed by atoms with Gasteiger partial charge in [-0.05, 0) is 20.1 Å². The largest absolute Gasteiger partial charge is 0.373 e. The monoisotopic (exact) mass is 268 g/mol. The quantitative estimate of drug-likeness (QED) is 0.667. The van der Waals surface area contributed by atoms with Gasteiger partial charge in [0.05, 0.1) is 12.2 Å². The summed E-state index contributed by atoms with van der Waals surface area (Å²) in [7, 11) is 1.87. The first-order valence-electron chi connectivity index (χ1n) is 6.04. The molecule has 2 heterocycles. The first kappa shape index (κ1) is 13.4. The second-order valence-electron chi connectivity index (χ2n) is 4.88. The summed E-state index contributed by atoms with van der Waals surface area (Å²) < 4.78 is 5.72. The van der Waals surface area contributed by atoms with Gasteiger partial charge < -0.3 is 15.0 Å². The number of anilines is 2. The number of morpholine rings is 1. The number of hydrogen-bond acceptors (Lipinski definition) is 6. The zero-order valence-corrected chi connectivity index (χ0v) is 12.2. The van der Waals surface area contributed by atoms with Crippen LogP contribution in [-0.4, -0.2) is 48.6 Å². The molecule has 0 spiro atoms. The van der Waals surface area contributed by atoms with Gasteiger partial charge in [0.25, 0.3) is 0 Å². The van der Waals surface area contributed by atoms with Crippen molar-refractivity contribution in [2.24, 2.45) is 0 Å². The molecule has 1 aromatic rings. The van der Waals surface area contributed by atoms with Crippen LogP contribution in [0.25, 0.3) is 0 Å². The smallest absolute Gasteiger partial charge is 0.191 e. The standard InChI is InChI=1S/C12H20N4OS/c1-12(2)8-16(5-6-17-12)10-7-9(13-3)14-11(15-10)18-4/h7H,5-6,8H2,1-4H3,(H,13,14,15). The van der Waals surface area contributed by atoms with Crippen molar-refractivity contribution >= 4 is 23.4 Å². The fraction of sp³-hybridized carbons (Fsp3) is 0.667. The number of hydrogen-bond donors (Lipinski definition) is 1. The van der Waals surface area contributed by atoms with Crippen molar-refractivity contribution < 1.29 is 4.74 Å². The van der Waals surface area contributed by atoms with Gasteiger partial charge in [0.15, 0.2) is 5.16 Å². The predicted molar refractivity (Wildman–Crippen MR) is 75.6 cm³/mol. The molecule has 1 fully saturated rings. The Bertz CT molecular complexity index is 402. The normalized spacial score (nSPS) is 18.8. The molecule has 0 atom stereocenters. The molecule has 0 aromatic carbocycles. The van der Waals surface area contributed by atoms with Gasteiger partial charge in [-0.25, -0.2) is 9.97 Å². The molecule has 1 aliphatic rings. The third-order valence-corrected chi connectivity index (χ3v) is 3.43. The van der Waals surface area contributed by atoms with Crippen molar-refractivity contribution in [1.82, 2.24) is 9.97 Å². The summed E-state index contributed by atoms with van der Waals surface area (Å²) in [5, 5.41) is 3.87. The Labute approximate surface area is 112 Å². The molecular weight excluding hydrogens is 248 g/mol. The highest BCUT2D eigenvalue weighted by molar-refractivity contribution is 7.98. The second-order valence-corrected chi connectivity index (χ2v) is 5.65. The van der Waals surface area contributed by atoms with Crippen LogP contribution in [0.4, 0.5) is 11.6 Å². The first-order chi connectivity index (χ1) is 8.54. The third kappa shape index (κ3) is 3.05. The van der Waals surface area contributed by atoms with Crippen molar-refractivity contribution in [3.05, 3.63) is 6.07 Å². The number of aromatic nitrogens is 2. The maximum atomic E-state index is 5.72. The van der Waals surface area contributed by atoms with Crippen LogP contribution in [0.5, 0.6) is 0 Å². The van der Waals surface area contributed by atoms with Gasteiger partial charge in [-0.3, -0.25) is 0 Å². The summed E-state index contributed by atoms with van der Waals surface area (Å²) in [6.07, 6.45) is 1.99. The lowest BCUT2D eigenvalue weighted by molar-refractivity contribution is -0.0279. The number of nitrogens with zero attached hydrogens (tertiary/aromatic N) is 3. The van der Waals surface area contributed by atoms with E-state index in [2.05, 4.69) is 34.0 Å². The molecule has 0 amide bonds. The molecule has 0 saturated carbocycles. The van der Waals surface area contributed by atoms with Crippen LogP contribution in [0.2, 0.25) is 0 Å². The lowest BCUT2D eigenvalue weighted by Gasteiger charge is -2.38. The summed E-state index contributed by atoms with van der Waals surface area (Å²) >= 11 is 1.56. The molecule has 6 heteroatoms. The van der Waals surface area contributed by atoms with Crippen LogP contribution >= 0.6 is 11.8 Å². The van der Waals surface area contributed by atoms with Crippen molar-refractivity contribution in [3.8, 4) is 0 Å². The molecule has 100 valence electrons. The minimum atomic E-state index is -0.122. The molecule has 1 saturated heterocycles. The zero-order valence-electron chi connectivity index (χ0n) is 11.4. The van der Waals surface area contributed by atoms with E-state index in [-0.39, 0.29) is 5.60 Å². The van der Waals surface area contributed by atoms with Gasteiger partial charge >= 0.3 is 0 Å². The highest BCUT2D eigenvalue weighted by Gasteiger charge is 2.28. The molecule has 1 N–H and O–H groups in total. The van der Waals surface area contributed by atoms with Crippen molar-refractivity contribution in [2.45, 2.75) is 24.6 Å². The molecule has 0 radical (unpaired) electrons. The Hall–Kier alpha value is -1.01. The van der Waals surface area contributed by atoms with E-state index in [1.54, 1.807) is 11.8 Å². The van der Waals surface area contributed by atoms with Gasteiger partial charge in [-0.1, -0.05) is 11.8 Å². The molecule has 18 heavy (non-hydrogen) atoms. The fourth-order valence-electron chi connectivity index (χ4n) is 2.01. The number of nitrogens with one attached hydrogen (secondary N) is 1. The van der Waals surface area contributed by atoms with E-state index in [1.807, 2.05) is 19.4 Å². The molecule has 5 nitrogen and oxygen atoms in total. The minimum absolute atomic E-state index is 0.122. The SMILES string of the molecule is CNc1cc(N2CCOC(C)(C)C2)nc(SC)n1. The molecule has 0 aliphatic carbocycles. The van der Waals surface area contributed by atoms with E-state index in [9.17, 15) is 0 Å². The Morgan fingerprint density at radius 3 is 2.83 bits per heavy atom. The number of ether oxygens (including phenoxy) is 1. The predicted octanol–water partition coefficient (Wildman–Crippen LogP) is 1.86. The highest BCUT2D eigenvalue weighted by atomic mass is 32.2. The van der Waals surface area contributed by atoms with Gasteiger partial charge in [0.1, 0.15) is 11.6 Å². The van der Waals surface area contributed by atoms with Crippen LogP contribution in [-0.2, 0) is 4.74 Å². The van der Waals surface area contributed by atoms with Crippen LogP contribution < -0.4 is 10.2 Å². The second kappa shape index (κ2) is 5.32. The molecule has 1 aliphatic heterocycles. The number of thioether (sulfide) groups is 1. The summed E-state index contributed by atoms with van der Waals surface area (Å²) in [6.45, 7) is 6.67. The molecule has 0 unspecified atom stereocenters. The fourth-order valence-corrected chi connectivity index (χ4v) is 2.38. The Balaban J connectivity index is 2.26. The Morgan fingerprint density at radius 2 is 2.22 bits per heavy atom. The van der Waals surface area contributed by atoms with E-state index in [0.717, 1.165) is 36.5 Å². The van der Waals surface area contributed by atoms with E-state index in [4.69, 9.17) is 4.74 Å². The maximum absolute atomic E-state index is 5.72. The lowest BCUT2D eigenvalue weighted by atomic mass is 10.1. The van der Waals surface area contributed by atoms with Crippen LogP contribution in [0.3, 0.4) is 0 Å². The van der Waals surface area contributed by atoms with E-state index in [0.29, 0.717) is 0 Å². The summed E-state index contributed by atoms with van der Waals surface area (Å²) in [6, 6.07) is 1.99. The van der Waals surface area contributed by atoms with Crippen molar-refractivity contribution in [3.63, 3.8) is 0 Å². The van der Waals surface area contributed by atoms with E-state index < -0.39 is 0 Å². The van der Waals surface area contributed by atoms with Crippen molar-refractivity contribution in [1.29, 1.82) is 0 Å². The Kier molecular flexibility index (Phi) is 3.97. The number of rotatable bonds is 3. The molecular formula is C12H20N4OS. The zero-order chi connectivity index (χ0) is 13.2. The summed E-state index contributed by atoms with van der Waals surface area (Å²) in [5.41, 5.74) is -0.122. The lowest BCUT2D eigenvalue weighted by Crippen LogP contribution is -2.48. The van der Waals surface area contributed by atoms with Crippen LogP contribution in [0, 0.1) is 0 Å². The molecule has 0 bridgehead atoms. The summed E-state index contributed by atoms with van der Waals surface area (Å²) in [5.74, 6) is 1.82. The maximum Gasteiger partial charge on any atom is 0.191 e. The highest BCUT2D eigenvalue weighted by Crippen LogP contribution is 2.25. The molecule has 2 rings (SSSR count). The van der Waals surface area contributed by atoms with E-state index in [1.165, 1.54) is 0 Å². The van der Waals surface area contributed by atoms with Gasteiger partial charge in [-0.2, -0.15) is 0 Å². The van der Waals surface area contributed by atoms with Gasteiger partial charge in [0, 0.05) is 26.2 Å².